The molecule has 2 aliphatic heterocycles. The Hall–Kier alpha value is -1.58. The minimum atomic E-state index is -3.49. The molecular formula is C18H23N3O4S2. The summed E-state index contributed by atoms with van der Waals surface area (Å²) in [5.74, 6) is -0.205. The van der Waals surface area contributed by atoms with Gasteiger partial charge < -0.3 is 9.30 Å². The van der Waals surface area contributed by atoms with Gasteiger partial charge in [0.05, 0.1) is 22.5 Å². The average Bonchev–Trinajstić information content (AvgIpc) is 3.24. The van der Waals surface area contributed by atoms with Gasteiger partial charge in [0.25, 0.3) is 0 Å². The van der Waals surface area contributed by atoms with E-state index in [2.05, 4.69) is 4.98 Å². The summed E-state index contributed by atoms with van der Waals surface area (Å²) in [6, 6.07) is 5.14. The molecule has 2 saturated heterocycles. The molecule has 2 fully saturated rings. The molecule has 0 radical (unpaired) electrons. The summed E-state index contributed by atoms with van der Waals surface area (Å²) in [5, 5.41) is 0.479. The van der Waals surface area contributed by atoms with Crippen LogP contribution in [0.1, 0.15) is 32.6 Å². The van der Waals surface area contributed by atoms with Gasteiger partial charge in [-0.05, 0) is 38.0 Å². The summed E-state index contributed by atoms with van der Waals surface area (Å²) in [5.41, 5.74) is 1.52. The number of imidazole rings is 1. The first-order chi connectivity index (χ1) is 13.0. The highest BCUT2D eigenvalue weighted by atomic mass is 32.2. The zero-order valence-corrected chi connectivity index (χ0v) is 16.9. The molecule has 0 bridgehead atoms. The molecule has 2 aromatic rings. The molecule has 2 aliphatic rings. The number of carbonyl (C=O) groups excluding carboxylic acids is 1. The quantitative estimate of drug-likeness (QED) is 0.706. The second kappa shape index (κ2) is 7.44. The molecule has 4 rings (SSSR count). The van der Waals surface area contributed by atoms with E-state index in [0.29, 0.717) is 38.2 Å². The summed E-state index contributed by atoms with van der Waals surface area (Å²) in [4.78, 5) is 16.7. The van der Waals surface area contributed by atoms with Crippen molar-refractivity contribution in [3.63, 3.8) is 0 Å². The fourth-order valence-corrected chi connectivity index (χ4v) is 6.29. The van der Waals surface area contributed by atoms with Crippen LogP contribution in [0.15, 0.2) is 28.3 Å². The largest absolute Gasteiger partial charge is 0.465 e. The van der Waals surface area contributed by atoms with Crippen molar-refractivity contribution in [2.45, 2.75) is 54.5 Å². The van der Waals surface area contributed by atoms with Crippen molar-refractivity contribution in [2.75, 3.05) is 19.7 Å². The number of aryl methyl sites for hydroxylation is 1. The predicted molar refractivity (Wildman–Crippen MR) is 103 cm³/mol. The number of esters is 1. The average molecular weight is 410 g/mol. The number of nitrogens with zero attached hydrogens (tertiary/aromatic N) is 3. The first-order valence-corrected chi connectivity index (χ1v) is 11.7. The molecule has 0 amide bonds. The highest BCUT2D eigenvalue weighted by Crippen LogP contribution is 2.32. The summed E-state index contributed by atoms with van der Waals surface area (Å²) >= 11 is 1.40. The van der Waals surface area contributed by atoms with Gasteiger partial charge in [-0.25, -0.2) is 13.4 Å². The van der Waals surface area contributed by atoms with E-state index in [0.717, 1.165) is 29.9 Å². The summed E-state index contributed by atoms with van der Waals surface area (Å²) in [7, 11) is -3.49. The summed E-state index contributed by atoms with van der Waals surface area (Å²) in [6.07, 6.45) is 3.57. The number of aromatic nitrogens is 2. The molecule has 146 valence electrons. The third kappa shape index (κ3) is 3.48. The highest BCUT2D eigenvalue weighted by Gasteiger charge is 2.30. The van der Waals surface area contributed by atoms with Crippen LogP contribution in [-0.2, 0) is 26.1 Å². The van der Waals surface area contributed by atoms with E-state index in [-0.39, 0.29) is 16.1 Å². The van der Waals surface area contributed by atoms with E-state index in [1.165, 1.54) is 11.8 Å². The Bertz CT molecular complexity index is 964. The molecule has 27 heavy (non-hydrogen) atoms. The number of thioether (sulfide) groups is 1. The molecule has 0 N–H and O–H groups in total. The molecular weight excluding hydrogens is 386 g/mol. The zero-order valence-electron chi connectivity index (χ0n) is 15.3. The number of sulfonamides is 1. The number of fused-ring (bicyclic) bond motifs is 1. The first-order valence-electron chi connectivity index (χ1n) is 9.34. The van der Waals surface area contributed by atoms with Crippen LogP contribution in [0, 0.1) is 0 Å². The van der Waals surface area contributed by atoms with E-state index in [9.17, 15) is 13.2 Å². The number of carbonyl (C=O) groups is 1. The number of piperidine rings is 1. The fraction of sp³-hybridized carbons (Fsp3) is 0.556. The van der Waals surface area contributed by atoms with Gasteiger partial charge in [-0.1, -0.05) is 18.2 Å². The molecule has 9 heteroatoms. The Kier molecular flexibility index (Phi) is 5.17. The lowest BCUT2D eigenvalue weighted by Crippen LogP contribution is -2.35. The van der Waals surface area contributed by atoms with Crippen LogP contribution in [0.25, 0.3) is 11.0 Å². The molecule has 3 heterocycles. The minimum absolute atomic E-state index is 0.205. The predicted octanol–water partition coefficient (Wildman–Crippen LogP) is 2.64. The van der Waals surface area contributed by atoms with Crippen LogP contribution in [0.4, 0.5) is 0 Å². The Balaban J connectivity index is 1.69. The van der Waals surface area contributed by atoms with Crippen LogP contribution in [0.2, 0.25) is 0 Å². The van der Waals surface area contributed by atoms with Gasteiger partial charge in [-0.2, -0.15) is 4.31 Å². The van der Waals surface area contributed by atoms with Crippen LogP contribution < -0.4 is 0 Å². The van der Waals surface area contributed by atoms with E-state index >= 15 is 0 Å². The van der Waals surface area contributed by atoms with E-state index in [1.807, 2.05) is 17.6 Å². The monoisotopic (exact) mass is 409 g/mol. The van der Waals surface area contributed by atoms with Crippen molar-refractivity contribution in [1.82, 2.24) is 13.9 Å². The maximum atomic E-state index is 12.9. The van der Waals surface area contributed by atoms with Crippen molar-refractivity contribution in [3.05, 3.63) is 18.2 Å². The molecule has 0 saturated carbocycles. The smallest absolute Gasteiger partial charge is 0.319 e. The second-order valence-electron chi connectivity index (χ2n) is 6.82. The fourth-order valence-electron chi connectivity index (χ4n) is 3.61. The van der Waals surface area contributed by atoms with Crippen LogP contribution in [-0.4, -0.2) is 53.2 Å². The molecule has 7 nitrogen and oxygen atoms in total. The van der Waals surface area contributed by atoms with Crippen molar-refractivity contribution < 1.29 is 17.9 Å². The molecule has 0 unspecified atom stereocenters. The number of benzene rings is 1. The van der Waals surface area contributed by atoms with Gasteiger partial charge >= 0.3 is 5.97 Å². The second-order valence-corrected chi connectivity index (χ2v) is 9.92. The van der Waals surface area contributed by atoms with Gasteiger partial charge in [0, 0.05) is 26.1 Å². The number of hydrogen-bond acceptors (Lipinski definition) is 6. The highest BCUT2D eigenvalue weighted by molar-refractivity contribution is 8.00. The van der Waals surface area contributed by atoms with Crippen LogP contribution in [0.3, 0.4) is 0 Å². The lowest BCUT2D eigenvalue weighted by molar-refractivity contribution is -0.137. The molecule has 0 spiro atoms. The standard InChI is InChI=1S/C18H23N3O4S2/c1-2-21-15-7-6-13(27(23,24)20-9-4-3-5-10-20)12-14(15)19-18(21)26-16-8-11-25-17(16)22/h6-7,12,16H,2-5,8-11H2,1H3/t16-/m1/s1. The Morgan fingerprint density at radius 3 is 2.70 bits per heavy atom. The van der Waals surface area contributed by atoms with Gasteiger partial charge in [-0.15, -0.1) is 0 Å². The Labute approximate surface area is 163 Å². The van der Waals surface area contributed by atoms with E-state index < -0.39 is 10.0 Å². The van der Waals surface area contributed by atoms with Crippen molar-refractivity contribution in [2.24, 2.45) is 0 Å². The van der Waals surface area contributed by atoms with Gasteiger partial charge in [0.1, 0.15) is 5.25 Å². The Morgan fingerprint density at radius 2 is 2.04 bits per heavy atom. The molecule has 1 atom stereocenters. The van der Waals surface area contributed by atoms with Crippen molar-refractivity contribution in [1.29, 1.82) is 0 Å². The molecule has 1 aromatic heterocycles. The van der Waals surface area contributed by atoms with E-state index in [1.54, 1.807) is 16.4 Å². The maximum absolute atomic E-state index is 12.9. The van der Waals surface area contributed by atoms with E-state index in [4.69, 9.17) is 4.74 Å². The van der Waals surface area contributed by atoms with Gasteiger partial charge in [-0.3, -0.25) is 4.79 Å². The van der Waals surface area contributed by atoms with Gasteiger partial charge in [0.2, 0.25) is 10.0 Å². The lowest BCUT2D eigenvalue weighted by atomic mass is 10.2. The minimum Gasteiger partial charge on any atom is -0.465 e. The third-order valence-corrected chi connectivity index (χ3v) is 8.22. The third-order valence-electron chi connectivity index (χ3n) is 5.09. The number of cyclic esters (lactones) is 1. The maximum Gasteiger partial charge on any atom is 0.319 e. The topological polar surface area (TPSA) is 81.5 Å². The van der Waals surface area contributed by atoms with Crippen LogP contribution >= 0.6 is 11.8 Å². The number of rotatable bonds is 5. The normalized spacial score (nSPS) is 21.7. The first kappa shape index (κ1) is 18.8. The molecule has 1 aromatic carbocycles. The Morgan fingerprint density at radius 1 is 1.26 bits per heavy atom. The number of ether oxygens (including phenoxy) is 1. The number of hydrogen-bond donors (Lipinski definition) is 0. The molecule has 0 aliphatic carbocycles. The van der Waals surface area contributed by atoms with Crippen molar-refractivity contribution in [3.8, 4) is 0 Å². The zero-order chi connectivity index (χ0) is 19.0. The summed E-state index contributed by atoms with van der Waals surface area (Å²) in [6.45, 7) is 4.31. The van der Waals surface area contributed by atoms with Gasteiger partial charge in [0.15, 0.2) is 5.16 Å². The van der Waals surface area contributed by atoms with Crippen molar-refractivity contribution >= 4 is 38.8 Å². The lowest BCUT2D eigenvalue weighted by Gasteiger charge is -2.25. The van der Waals surface area contributed by atoms with Crippen LogP contribution in [0.5, 0.6) is 0 Å². The SMILES string of the molecule is CCn1c(S[C@@H]2CCOC2=O)nc2cc(S(=O)(=O)N3CCCCC3)ccc21. The summed E-state index contributed by atoms with van der Waals surface area (Å²) < 4.78 is 34.5.